The zero-order valence-corrected chi connectivity index (χ0v) is 5.48. The lowest BCUT2D eigenvalue weighted by Gasteiger charge is -2.01. The first-order chi connectivity index (χ1) is 3.68. The quantitative estimate of drug-likeness (QED) is 0.583. The van der Waals surface area contributed by atoms with Crippen LogP contribution >= 0.6 is 0 Å². The topological polar surface area (TPSA) is 43.1 Å². The van der Waals surface area contributed by atoms with Crippen LogP contribution in [-0.2, 0) is 4.79 Å². The summed E-state index contributed by atoms with van der Waals surface area (Å²) in [6, 6.07) is 0. The van der Waals surface area contributed by atoms with Crippen LogP contribution in [0.2, 0.25) is 0 Å². The molecule has 2 N–H and O–H groups in total. The highest BCUT2D eigenvalue weighted by molar-refractivity contribution is 5.76. The summed E-state index contributed by atoms with van der Waals surface area (Å²) >= 11 is 0. The molecule has 1 amide bonds. The molecule has 0 saturated carbocycles. The van der Waals surface area contributed by atoms with E-state index in [1.54, 1.807) is 0 Å². The summed E-state index contributed by atoms with van der Waals surface area (Å²) in [7, 11) is 0. The monoisotopic (exact) mass is 115 g/mol. The normalized spacial score (nSPS) is 13.2. The molecule has 2 heteroatoms. The van der Waals surface area contributed by atoms with Gasteiger partial charge in [-0.3, -0.25) is 4.79 Å². The number of amides is 1. The molecule has 2 nitrogen and oxygen atoms in total. The predicted octanol–water partition coefficient (Wildman–Crippen LogP) is 0.908. The molecule has 0 aliphatic heterocycles. The van der Waals surface area contributed by atoms with Crippen LogP contribution in [0.25, 0.3) is 0 Å². The smallest absolute Gasteiger partial charge is 0.220 e. The van der Waals surface area contributed by atoms with Crippen LogP contribution in [0, 0.1) is 5.92 Å². The van der Waals surface area contributed by atoms with Gasteiger partial charge in [0.15, 0.2) is 0 Å². The Morgan fingerprint density at radius 3 is 2.38 bits per heavy atom. The summed E-state index contributed by atoms with van der Waals surface area (Å²) < 4.78 is 0. The zero-order valence-electron chi connectivity index (χ0n) is 5.48. The maximum atomic E-state index is 10.3. The number of rotatable bonds is 3. The van der Waals surface area contributed by atoms with E-state index in [9.17, 15) is 4.79 Å². The highest BCUT2D eigenvalue weighted by atomic mass is 16.1. The second-order valence-corrected chi connectivity index (χ2v) is 2.09. The minimum atomic E-state index is -0.188. The van der Waals surface area contributed by atoms with E-state index in [1.165, 1.54) is 0 Å². The molecule has 0 bridgehead atoms. The van der Waals surface area contributed by atoms with Crippen molar-refractivity contribution >= 4 is 5.91 Å². The van der Waals surface area contributed by atoms with E-state index < -0.39 is 0 Å². The van der Waals surface area contributed by atoms with Crippen molar-refractivity contribution in [3.8, 4) is 0 Å². The number of nitrogens with two attached hydrogens (primary N) is 1. The molecule has 0 aromatic heterocycles. The fraction of sp³-hybridized carbons (Fsp3) is 0.833. The van der Waals surface area contributed by atoms with Crippen molar-refractivity contribution in [1.29, 1.82) is 0 Å². The van der Waals surface area contributed by atoms with Crippen molar-refractivity contribution in [2.45, 2.75) is 26.7 Å². The Labute approximate surface area is 50.1 Å². The maximum Gasteiger partial charge on any atom is 0.220 e. The van der Waals surface area contributed by atoms with E-state index in [0.717, 1.165) is 12.8 Å². The lowest BCUT2D eigenvalue weighted by Crippen LogP contribution is -2.19. The Morgan fingerprint density at radius 1 is 1.75 bits per heavy atom. The molecule has 8 heavy (non-hydrogen) atoms. The van der Waals surface area contributed by atoms with Gasteiger partial charge < -0.3 is 5.73 Å². The lowest BCUT2D eigenvalue weighted by molar-refractivity contribution is -0.121. The van der Waals surface area contributed by atoms with Gasteiger partial charge in [-0.2, -0.15) is 0 Å². The molecular formula is C6H13NO. The predicted molar refractivity (Wildman–Crippen MR) is 33.3 cm³/mol. The number of carbonyl (C=O) groups excluding carboxylic acids is 1. The molecule has 1 atom stereocenters. The van der Waals surface area contributed by atoms with Gasteiger partial charge in [0.25, 0.3) is 0 Å². The highest BCUT2D eigenvalue weighted by Gasteiger charge is 2.04. The zero-order chi connectivity index (χ0) is 6.57. The lowest BCUT2D eigenvalue weighted by atomic mass is 10.1. The van der Waals surface area contributed by atoms with Crippen molar-refractivity contribution in [3.05, 3.63) is 0 Å². The Hall–Kier alpha value is -0.530. The van der Waals surface area contributed by atoms with Crippen LogP contribution < -0.4 is 5.73 Å². The van der Waals surface area contributed by atoms with Crippen molar-refractivity contribution < 1.29 is 4.79 Å². The Bertz CT molecular complexity index is 80.6. The SMILES string of the molecule is CCC[C@@H](C)C(N)=O. The van der Waals surface area contributed by atoms with Crippen molar-refractivity contribution in [2.24, 2.45) is 11.7 Å². The molecule has 0 aromatic carbocycles. The molecule has 0 saturated heterocycles. The minimum Gasteiger partial charge on any atom is -0.369 e. The Morgan fingerprint density at radius 2 is 2.25 bits per heavy atom. The van der Waals surface area contributed by atoms with Crippen LogP contribution in [0.5, 0.6) is 0 Å². The molecular weight excluding hydrogens is 102 g/mol. The van der Waals surface area contributed by atoms with Crippen molar-refractivity contribution in [3.63, 3.8) is 0 Å². The average Bonchev–Trinajstić information content (AvgIpc) is 1.67. The fourth-order valence-electron chi connectivity index (χ4n) is 0.575. The molecule has 0 aliphatic carbocycles. The van der Waals surface area contributed by atoms with Gasteiger partial charge in [-0.05, 0) is 6.42 Å². The van der Waals surface area contributed by atoms with Crippen LogP contribution in [-0.4, -0.2) is 5.91 Å². The number of carbonyl (C=O) groups is 1. The van der Waals surface area contributed by atoms with Gasteiger partial charge in [-0.15, -0.1) is 0 Å². The summed E-state index contributed by atoms with van der Waals surface area (Å²) in [4.78, 5) is 10.3. The van der Waals surface area contributed by atoms with E-state index in [1.807, 2.05) is 13.8 Å². The molecule has 0 radical (unpaired) electrons. The third kappa shape index (κ3) is 2.61. The third-order valence-electron chi connectivity index (χ3n) is 1.21. The van der Waals surface area contributed by atoms with Gasteiger partial charge >= 0.3 is 0 Å². The molecule has 0 aliphatic rings. The van der Waals surface area contributed by atoms with Gasteiger partial charge in [-0.1, -0.05) is 20.3 Å². The first-order valence-electron chi connectivity index (χ1n) is 2.97. The summed E-state index contributed by atoms with van der Waals surface area (Å²) in [5.41, 5.74) is 4.98. The molecule has 0 aromatic rings. The summed E-state index contributed by atoms with van der Waals surface area (Å²) in [5.74, 6) is -0.133. The first-order valence-corrected chi connectivity index (χ1v) is 2.97. The van der Waals surface area contributed by atoms with Crippen LogP contribution in [0.3, 0.4) is 0 Å². The molecule has 0 heterocycles. The van der Waals surface area contributed by atoms with Crippen LogP contribution in [0.15, 0.2) is 0 Å². The highest BCUT2D eigenvalue weighted by Crippen LogP contribution is 2.01. The summed E-state index contributed by atoms with van der Waals surface area (Å²) in [6.07, 6.45) is 1.94. The van der Waals surface area contributed by atoms with Crippen molar-refractivity contribution in [1.82, 2.24) is 0 Å². The number of hydrogen-bond donors (Lipinski definition) is 1. The second-order valence-electron chi connectivity index (χ2n) is 2.09. The molecule has 48 valence electrons. The minimum absolute atomic E-state index is 0.0556. The Balaban J connectivity index is 3.32. The van der Waals surface area contributed by atoms with Gasteiger partial charge in [0.1, 0.15) is 0 Å². The Kier molecular flexibility index (Phi) is 3.24. The van der Waals surface area contributed by atoms with Crippen LogP contribution in [0.1, 0.15) is 26.7 Å². The molecule has 0 spiro atoms. The van der Waals surface area contributed by atoms with E-state index >= 15 is 0 Å². The molecule has 0 rings (SSSR count). The van der Waals surface area contributed by atoms with Crippen molar-refractivity contribution in [2.75, 3.05) is 0 Å². The van der Waals surface area contributed by atoms with Gasteiger partial charge in [0.2, 0.25) is 5.91 Å². The van der Waals surface area contributed by atoms with E-state index in [-0.39, 0.29) is 11.8 Å². The standard InChI is InChI=1S/C6H13NO/c1-3-4-5(2)6(7)8/h5H,3-4H2,1-2H3,(H2,7,8)/t5-/m1/s1. The van der Waals surface area contributed by atoms with E-state index in [2.05, 4.69) is 0 Å². The largest absolute Gasteiger partial charge is 0.369 e. The third-order valence-corrected chi connectivity index (χ3v) is 1.21. The number of hydrogen-bond acceptors (Lipinski definition) is 1. The van der Waals surface area contributed by atoms with Crippen LogP contribution in [0.4, 0.5) is 0 Å². The maximum absolute atomic E-state index is 10.3. The van der Waals surface area contributed by atoms with Gasteiger partial charge in [0.05, 0.1) is 0 Å². The summed E-state index contributed by atoms with van der Waals surface area (Å²) in [5, 5.41) is 0. The van der Waals surface area contributed by atoms with Gasteiger partial charge in [0, 0.05) is 5.92 Å². The number of primary amides is 1. The summed E-state index contributed by atoms with van der Waals surface area (Å²) in [6.45, 7) is 3.89. The first kappa shape index (κ1) is 7.47. The molecule has 0 unspecified atom stereocenters. The molecule has 0 fully saturated rings. The fourth-order valence-corrected chi connectivity index (χ4v) is 0.575. The van der Waals surface area contributed by atoms with E-state index in [0.29, 0.717) is 0 Å². The van der Waals surface area contributed by atoms with E-state index in [4.69, 9.17) is 5.73 Å². The van der Waals surface area contributed by atoms with Gasteiger partial charge in [-0.25, -0.2) is 0 Å². The average molecular weight is 115 g/mol. The second kappa shape index (κ2) is 3.47.